The molecular formula is C16H20N4O. The first-order valence-corrected chi connectivity index (χ1v) is 7.29. The van der Waals surface area contributed by atoms with Gasteiger partial charge in [0.2, 0.25) is 0 Å². The summed E-state index contributed by atoms with van der Waals surface area (Å²) in [5.41, 5.74) is 7.36. The zero-order chi connectivity index (χ0) is 14.8. The van der Waals surface area contributed by atoms with Crippen LogP contribution in [-0.4, -0.2) is 35.6 Å². The Labute approximate surface area is 123 Å². The van der Waals surface area contributed by atoms with Crippen LogP contribution in [0.3, 0.4) is 0 Å². The number of aliphatic hydroxyl groups is 1. The molecule has 0 spiro atoms. The molecule has 110 valence electrons. The lowest BCUT2D eigenvalue weighted by Crippen LogP contribution is -2.25. The lowest BCUT2D eigenvalue weighted by Gasteiger charge is -2.21. The Hall–Kier alpha value is -2.14. The summed E-state index contributed by atoms with van der Waals surface area (Å²) in [5.74, 6) is 1.33. The average molecular weight is 284 g/mol. The van der Waals surface area contributed by atoms with Crippen LogP contribution < -0.4 is 10.6 Å². The number of anilines is 1. The molecule has 1 atom stereocenters. The van der Waals surface area contributed by atoms with Gasteiger partial charge in [-0.15, -0.1) is 0 Å². The van der Waals surface area contributed by atoms with E-state index in [1.807, 2.05) is 30.3 Å². The normalized spacial score (nSPS) is 18.3. The van der Waals surface area contributed by atoms with Gasteiger partial charge < -0.3 is 15.7 Å². The summed E-state index contributed by atoms with van der Waals surface area (Å²) in [6.45, 7) is 1.99. The van der Waals surface area contributed by atoms with Crippen LogP contribution >= 0.6 is 0 Å². The summed E-state index contributed by atoms with van der Waals surface area (Å²) in [6, 6.07) is 9.83. The van der Waals surface area contributed by atoms with Gasteiger partial charge in [0.15, 0.2) is 0 Å². The zero-order valence-corrected chi connectivity index (χ0v) is 11.9. The average Bonchev–Trinajstić information content (AvgIpc) is 2.94. The number of amidine groups is 1. The smallest absolute Gasteiger partial charge is 0.140 e. The third-order valence-electron chi connectivity index (χ3n) is 4.12. The Bertz CT molecular complexity index is 670. The van der Waals surface area contributed by atoms with E-state index in [1.165, 1.54) is 0 Å². The number of fused-ring (bicyclic) bond motifs is 1. The highest BCUT2D eigenvalue weighted by molar-refractivity contribution is 6.03. The summed E-state index contributed by atoms with van der Waals surface area (Å²) in [7, 11) is 0. The first-order chi connectivity index (χ1) is 10.2. The molecule has 1 unspecified atom stereocenters. The second-order valence-electron chi connectivity index (χ2n) is 5.58. The van der Waals surface area contributed by atoms with Crippen LogP contribution in [0.1, 0.15) is 18.4 Å². The maximum absolute atomic E-state index is 9.08. The molecule has 3 rings (SSSR count). The highest BCUT2D eigenvalue weighted by atomic mass is 16.3. The molecular weight excluding hydrogens is 264 g/mol. The first-order valence-electron chi connectivity index (χ1n) is 7.29. The van der Waals surface area contributed by atoms with Crippen molar-refractivity contribution >= 4 is 22.6 Å². The Morgan fingerprint density at radius 2 is 2.24 bits per heavy atom. The predicted octanol–water partition coefficient (Wildman–Crippen LogP) is 1.73. The topological polar surface area (TPSA) is 86.2 Å². The van der Waals surface area contributed by atoms with E-state index in [-0.39, 0.29) is 12.4 Å². The van der Waals surface area contributed by atoms with E-state index in [0.29, 0.717) is 11.5 Å². The molecule has 0 saturated carbocycles. The van der Waals surface area contributed by atoms with Crippen molar-refractivity contribution in [3.63, 3.8) is 0 Å². The molecule has 1 aliphatic rings. The minimum absolute atomic E-state index is 0.0499. The Morgan fingerprint density at radius 1 is 1.43 bits per heavy atom. The first kappa shape index (κ1) is 13.8. The van der Waals surface area contributed by atoms with Gasteiger partial charge in [-0.3, -0.25) is 5.41 Å². The molecule has 0 amide bonds. The van der Waals surface area contributed by atoms with Crippen LogP contribution in [-0.2, 0) is 0 Å². The van der Waals surface area contributed by atoms with Crippen molar-refractivity contribution in [1.82, 2.24) is 4.98 Å². The number of para-hydroxylation sites is 1. The SMILES string of the molecule is N=C(N)c1cc2ccccc2nc1N1CCC(CCO)C1. The van der Waals surface area contributed by atoms with Crippen molar-refractivity contribution in [3.05, 3.63) is 35.9 Å². The number of hydrogen-bond acceptors (Lipinski definition) is 4. The molecule has 0 aliphatic carbocycles. The molecule has 2 aromatic rings. The number of nitrogen functional groups attached to an aromatic ring is 1. The van der Waals surface area contributed by atoms with E-state index in [1.54, 1.807) is 0 Å². The highest BCUT2D eigenvalue weighted by Gasteiger charge is 2.25. The Kier molecular flexibility index (Phi) is 3.75. The number of pyridine rings is 1. The Balaban J connectivity index is 2.00. The lowest BCUT2D eigenvalue weighted by molar-refractivity contribution is 0.263. The van der Waals surface area contributed by atoms with Crippen molar-refractivity contribution in [2.45, 2.75) is 12.8 Å². The summed E-state index contributed by atoms with van der Waals surface area (Å²) >= 11 is 0. The summed E-state index contributed by atoms with van der Waals surface area (Å²) in [6.07, 6.45) is 1.87. The second-order valence-corrected chi connectivity index (χ2v) is 5.58. The van der Waals surface area contributed by atoms with Crippen LogP contribution in [0.2, 0.25) is 0 Å². The third kappa shape index (κ3) is 2.69. The number of benzene rings is 1. The number of nitrogens with zero attached hydrogens (tertiary/aromatic N) is 2. The van der Waals surface area contributed by atoms with Gasteiger partial charge in [0.1, 0.15) is 11.7 Å². The molecule has 1 aromatic heterocycles. The van der Waals surface area contributed by atoms with Crippen molar-refractivity contribution in [2.75, 3.05) is 24.6 Å². The molecule has 1 aromatic carbocycles. The number of hydrogen-bond donors (Lipinski definition) is 3. The highest BCUT2D eigenvalue weighted by Crippen LogP contribution is 2.29. The molecule has 0 radical (unpaired) electrons. The van der Waals surface area contributed by atoms with E-state index in [2.05, 4.69) is 4.90 Å². The van der Waals surface area contributed by atoms with Gasteiger partial charge in [0, 0.05) is 25.1 Å². The van der Waals surface area contributed by atoms with Crippen LogP contribution in [0, 0.1) is 11.3 Å². The van der Waals surface area contributed by atoms with Crippen LogP contribution in [0.5, 0.6) is 0 Å². The number of aromatic nitrogens is 1. The van der Waals surface area contributed by atoms with Crippen molar-refractivity contribution < 1.29 is 5.11 Å². The van der Waals surface area contributed by atoms with Crippen molar-refractivity contribution in [1.29, 1.82) is 5.41 Å². The molecule has 2 heterocycles. The fraction of sp³-hybridized carbons (Fsp3) is 0.375. The molecule has 1 aliphatic heterocycles. The minimum Gasteiger partial charge on any atom is -0.396 e. The zero-order valence-electron chi connectivity index (χ0n) is 11.9. The third-order valence-corrected chi connectivity index (χ3v) is 4.12. The van der Waals surface area contributed by atoms with Crippen LogP contribution in [0.4, 0.5) is 5.82 Å². The van der Waals surface area contributed by atoms with E-state index in [0.717, 1.165) is 42.7 Å². The Morgan fingerprint density at radius 3 is 3.00 bits per heavy atom. The molecule has 1 fully saturated rings. The van der Waals surface area contributed by atoms with Gasteiger partial charge in [-0.2, -0.15) is 0 Å². The van der Waals surface area contributed by atoms with E-state index < -0.39 is 0 Å². The summed E-state index contributed by atoms with van der Waals surface area (Å²) in [5, 5.41) is 17.9. The van der Waals surface area contributed by atoms with Crippen molar-refractivity contribution in [2.24, 2.45) is 11.7 Å². The number of nitrogens with two attached hydrogens (primary N) is 1. The number of aliphatic hydroxyl groups excluding tert-OH is 1. The minimum atomic E-state index is 0.0499. The van der Waals surface area contributed by atoms with E-state index in [4.69, 9.17) is 21.2 Å². The molecule has 0 bridgehead atoms. The molecule has 4 N–H and O–H groups in total. The quantitative estimate of drug-likeness (QED) is 0.589. The van der Waals surface area contributed by atoms with Crippen LogP contribution in [0.15, 0.2) is 30.3 Å². The van der Waals surface area contributed by atoms with Gasteiger partial charge >= 0.3 is 0 Å². The fourth-order valence-corrected chi connectivity index (χ4v) is 2.99. The summed E-state index contributed by atoms with van der Waals surface area (Å²) in [4.78, 5) is 6.90. The molecule has 21 heavy (non-hydrogen) atoms. The van der Waals surface area contributed by atoms with E-state index >= 15 is 0 Å². The van der Waals surface area contributed by atoms with Gasteiger partial charge in [0.05, 0.1) is 11.1 Å². The predicted molar refractivity (Wildman–Crippen MR) is 84.8 cm³/mol. The lowest BCUT2D eigenvalue weighted by atomic mass is 10.1. The fourth-order valence-electron chi connectivity index (χ4n) is 2.99. The molecule has 1 saturated heterocycles. The standard InChI is InChI=1S/C16H20N4O/c17-15(18)13-9-12-3-1-2-4-14(12)19-16(13)20-7-5-11(10-20)6-8-21/h1-4,9,11,21H,5-8,10H2,(H3,17,18). The second kappa shape index (κ2) is 5.69. The molecule has 5 nitrogen and oxygen atoms in total. The van der Waals surface area contributed by atoms with Gasteiger partial charge in [-0.05, 0) is 30.9 Å². The summed E-state index contributed by atoms with van der Waals surface area (Å²) < 4.78 is 0. The van der Waals surface area contributed by atoms with E-state index in [9.17, 15) is 0 Å². The van der Waals surface area contributed by atoms with Gasteiger partial charge in [-0.1, -0.05) is 18.2 Å². The van der Waals surface area contributed by atoms with Crippen molar-refractivity contribution in [3.8, 4) is 0 Å². The molecule has 5 heteroatoms. The number of nitrogens with one attached hydrogen (secondary N) is 1. The van der Waals surface area contributed by atoms with Gasteiger partial charge in [-0.25, -0.2) is 4.98 Å². The monoisotopic (exact) mass is 284 g/mol. The van der Waals surface area contributed by atoms with Crippen LogP contribution in [0.25, 0.3) is 10.9 Å². The number of rotatable bonds is 4. The maximum Gasteiger partial charge on any atom is 0.140 e. The largest absolute Gasteiger partial charge is 0.396 e. The van der Waals surface area contributed by atoms with Gasteiger partial charge in [0.25, 0.3) is 0 Å². The maximum atomic E-state index is 9.08.